The van der Waals surface area contributed by atoms with Gasteiger partial charge in [-0.2, -0.15) is 0 Å². The van der Waals surface area contributed by atoms with Gasteiger partial charge < -0.3 is 4.90 Å². The maximum absolute atomic E-state index is 12.8. The van der Waals surface area contributed by atoms with Crippen LogP contribution in [0, 0.1) is 5.41 Å². The van der Waals surface area contributed by atoms with Crippen molar-refractivity contribution in [2.45, 2.75) is 58.0 Å². The molecular weight excluding hydrogens is 412 g/mol. The summed E-state index contributed by atoms with van der Waals surface area (Å²) in [4.78, 5) is 17.3. The highest BCUT2D eigenvalue weighted by molar-refractivity contribution is 9.10. The molecule has 2 fully saturated rings. The zero-order valence-corrected chi connectivity index (χ0v) is 19.3. The molecule has 1 saturated heterocycles. The van der Waals surface area contributed by atoms with E-state index in [1.54, 1.807) is 0 Å². The van der Waals surface area contributed by atoms with Crippen LogP contribution in [0.4, 0.5) is 0 Å². The number of hydrogen-bond acceptors (Lipinski definition) is 2. The molecule has 1 aliphatic carbocycles. The zero-order valence-electron chi connectivity index (χ0n) is 17.7. The molecule has 4 heteroatoms. The minimum Gasteiger partial charge on any atom is -0.338 e. The lowest BCUT2D eigenvalue weighted by Gasteiger charge is -2.49. The predicted molar refractivity (Wildman–Crippen MR) is 120 cm³/mol. The Morgan fingerprint density at radius 1 is 1.18 bits per heavy atom. The van der Waals surface area contributed by atoms with Gasteiger partial charge >= 0.3 is 0 Å². The second-order valence-corrected chi connectivity index (χ2v) is 9.54. The van der Waals surface area contributed by atoms with Crippen LogP contribution in [0.5, 0.6) is 0 Å². The van der Waals surface area contributed by atoms with E-state index in [1.165, 1.54) is 11.1 Å². The van der Waals surface area contributed by atoms with Gasteiger partial charge in [-0.15, -0.1) is 0 Å². The van der Waals surface area contributed by atoms with Gasteiger partial charge in [0.05, 0.1) is 0 Å². The van der Waals surface area contributed by atoms with Crippen molar-refractivity contribution in [3.63, 3.8) is 0 Å². The highest BCUT2D eigenvalue weighted by atomic mass is 79.9. The minimum absolute atomic E-state index is 0.0887. The topological polar surface area (TPSA) is 23.6 Å². The summed E-state index contributed by atoms with van der Waals surface area (Å²) in [6, 6.07) is 8.22. The standard InChI is InChI=1S/C24H33BrN2O/c1-5-9-20(6-2)24(26(3)4)14-12-23(13-15-24)16-22(28)27(18-23)17-19-10-7-8-11-21(19)25/h5-11H,12-18H2,1-4H3/b9-5-,20-6+. The van der Waals surface area contributed by atoms with Crippen LogP contribution in [0.15, 0.2) is 52.5 Å². The minimum atomic E-state index is 0.0887. The number of nitrogens with zero attached hydrogens (tertiary/aromatic N) is 2. The van der Waals surface area contributed by atoms with Gasteiger partial charge in [0.25, 0.3) is 0 Å². The molecule has 152 valence electrons. The Labute approximate surface area is 178 Å². The quantitative estimate of drug-likeness (QED) is 0.554. The summed E-state index contributed by atoms with van der Waals surface area (Å²) >= 11 is 3.62. The molecular formula is C24H33BrN2O. The molecule has 0 radical (unpaired) electrons. The third-order valence-corrected chi connectivity index (χ3v) is 7.69. The first-order valence-corrected chi connectivity index (χ1v) is 11.1. The number of carbonyl (C=O) groups is 1. The van der Waals surface area contributed by atoms with Gasteiger partial charge in [-0.1, -0.05) is 52.4 Å². The van der Waals surface area contributed by atoms with E-state index < -0.39 is 0 Å². The van der Waals surface area contributed by atoms with E-state index >= 15 is 0 Å². The molecule has 1 aromatic rings. The van der Waals surface area contributed by atoms with Gasteiger partial charge in [0.15, 0.2) is 0 Å². The van der Waals surface area contributed by atoms with Gasteiger partial charge in [-0.25, -0.2) is 0 Å². The van der Waals surface area contributed by atoms with E-state index in [9.17, 15) is 4.79 Å². The molecule has 3 nitrogen and oxygen atoms in total. The third kappa shape index (κ3) is 3.99. The van der Waals surface area contributed by atoms with Gasteiger partial charge in [-0.05, 0) is 76.2 Å². The fraction of sp³-hybridized carbons (Fsp3) is 0.542. The lowest BCUT2D eigenvalue weighted by molar-refractivity contribution is -0.128. The number of amides is 1. The maximum Gasteiger partial charge on any atom is 0.223 e. The van der Waals surface area contributed by atoms with Crippen molar-refractivity contribution in [3.8, 4) is 0 Å². The highest BCUT2D eigenvalue weighted by Crippen LogP contribution is 2.51. The number of hydrogen-bond donors (Lipinski definition) is 0. The van der Waals surface area contributed by atoms with E-state index in [-0.39, 0.29) is 11.0 Å². The monoisotopic (exact) mass is 444 g/mol. The normalized spacial score (nSPS) is 28.9. The molecule has 0 N–H and O–H groups in total. The lowest BCUT2D eigenvalue weighted by Crippen LogP contribution is -2.50. The molecule has 1 aliphatic heterocycles. The van der Waals surface area contributed by atoms with Crippen molar-refractivity contribution in [2.24, 2.45) is 5.41 Å². The third-order valence-electron chi connectivity index (χ3n) is 6.91. The van der Waals surface area contributed by atoms with Crippen molar-refractivity contribution < 1.29 is 4.79 Å². The van der Waals surface area contributed by atoms with E-state index in [1.807, 2.05) is 12.1 Å². The number of likely N-dealkylation sites (N-methyl/N-ethyl adjacent to an activating group) is 1. The first-order chi connectivity index (χ1) is 13.4. The molecule has 0 aromatic heterocycles. The van der Waals surface area contributed by atoms with Crippen LogP contribution < -0.4 is 0 Å². The Morgan fingerprint density at radius 3 is 2.43 bits per heavy atom. The number of carbonyl (C=O) groups excluding carboxylic acids is 1. The number of halogens is 1. The fourth-order valence-electron chi connectivity index (χ4n) is 5.18. The Hall–Kier alpha value is -1.39. The first kappa shape index (κ1) is 21.3. The van der Waals surface area contributed by atoms with Gasteiger partial charge in [-0.3, -0.25) is 9.69 Å². The lowest BCUT2D eigenvalue weighted by atomic mass is 9.64. The first-order valence-electron chi connectivity index (χ1n) is 10.3. The summed E-state index contributed by atoms with van der Waals surface area (Å²) < 4.78 is 1.09. The molecule has 3 rings (SSSR count). The molecule has 1 aromatic carbocycles. The number of rotatable bonds is 5. The molecule has 1 amide bonds. The van der Waals surface area contributed by atoms with Crippen molar-refractivity contribution in [2.75, 3.05) is 20.6 Å². The summed E-state index contributed by atoms with van der Waals surface area (Å²) in [6.45, 7) is 5.83. The predicted octanol–water partition coefficient (Wildman–Crippen LogP) is 5.56. The van der Waals surface area contributed by atoms with Crippen LogP contribution in [0.25, 0.3) is 0 Å². The molecule has 1 saturated carbocycles. The fourth-order valence-corrected chi connectivity index (χ4v) is 5.59. The molecule has 1 spiro atoms. The Morgan fingerprint density at radius 2 is 1.86 bits per heavy atom. The molecule has 2 aliphatic rings. The Kier molecular flexibility index (Phi) is 6.51. The van der Waals surface area contributed by atoms with Crippen molar-refractivity contribution >= 4 is 21.8 Å². The van der Waals surface area contributed by atoms with Gasteiger partial charge in [0.1, 0.15) is 0 Å². The van der Waals surface area contributed by atoms with E-state index in [2.05, 4.69) is 84.0 Å². The van der Waals surface area contributed by atoms with Crippen molar-refractivity contribution in [1.82, 2.24) is 9.80 Å². The largest absolute Gasteiger partial charge is 0.338 e. The molecule has 0 bridgehead atoms. The summed E-state index contributed by atoms with van der Waals surface area (Å²) in [5.74, 6) is 0.313. The van der Waals surface area contributed by atoms with Crippen LogP contribution >= 0.6 is 15.9 Å². The summed E-state index contributed by atoms with van der Waals surface area (Å²) in [6.07, 6.45) is 11.8. The SMILES string of the molecule is C/C=C\C(=C/C)C1(N(C)C)CCC2(CC1)CC(=O)N(Cc1ccccc1Br)C2. The second-order valence-electron chi connectivity index (χ2n) is 8.69. The zero-order chi connectivity index (χ0) is 20.4. The molecule has 1 heterocycles. The van der Waals surface area contributed by atoms with E-state index in [0.29, 0.717) is 18.9 Å². The van der Waals surface area contributed by atoms with Crippen LogP contribution in [-0.4, -0.2) is 41.9 Å². The summed E-state index contributed by atoms with van der Waals surface area (Å²) in [7, 11) is 4.40. The van der Waals surface area contributed by atoms with Crippen LogP contribution in [0.2, 0.25) is 0 Å². The van der Waals surface area contributed by atoms with Gasteiger partial charge in [0.2, 0.25) is 5.91 Å². The molecule has 0 atom stereocenters. The van der Waals surface area contributed by atoms with Crippen LogP contribution in [0.3, 0.4) is 0 Å². The second kappa shape index (κ2) is 8.54. The molecule has 28 heavy (non-hydrogen) atoms. The van der Waals surface area contributed by atoms with E-state index in [0.717, 1.165) is 36.7 Å². The summed E-state index contributed by atoms with van der Waals surface area (Å²) in [5, 5.41) is 0. The van der Waals surface area contributed by atoms with E-state index in [4.69, 9.17) is 0 Å². The highest BCUT2D eigenvalue weighted by Gasteiger charge is 2.50. The number of benzene rings is 1. The average Bonchev–Trinajstić information content (AvgIpc) is 2.97. The smallest absolute Gasteiger partial charge is 0.223 e. The number of allylic oxidation sites excluding steroid dienone is 2. The number of likely N-dealkylation sites (tertiary alicyclic amines) is 1. The molecule has 0 unspecified atom stereocenters. The van der Waals surface area contributed by atoms with Crippen LogP contribution in [-0.2, 0) is 11.3 Å². The average molecular weight is 445 g/mol. The Bertz CT molecular complexity index is 773. The van der Waals surface area contributed by atoms with Gasteiger partial charge in [0, 0.05) is 29.5 Å². The Balaban J connectivity index is 1.74. The van der Waals surface area contributed by atoms with Crippen LogP contribution in [0.1, 0.15) is 51.5 Å². The van der Waals surface area contributed by atoms with Crippen molar-refractivity contribution in [1.29, 1.82) is 0 Å². The van der Waals surface area contributed by atoms with Crippen molar-refractivity contribution in [3.05, 3.63) is 58.1 Å². The maximum atomic E-state index is 12.8. The summed E-state index contributed by atoms with van der Waals surface area (Å²) in [5.41, 5.74) is 2.83.